The van der Waals surface area contributed by atoms with Gasteiger partial charge in [-0.15, -0.1) is 0 Å². The van der Waals surface area contributed by atoms with Crippen LogP contribution in [0, 0.1) is 0 Å². The first-order chi connectivity index (χ1) is 14.7. The zero-order valence-electron chi connectivity index (χ0n) is 16.6. The lowest BCUT2D eigenvalue weighted by atomic mass is 10.2. The van der Waals surface area contributed by atoms with Gasteiger partial charge in [0.25, 0.3) is 0 Å². The van der Waals surface area contributed by atoms with Gasteiger partial charge in [-0.05, 0) is 31.2 Å². The molecule has 3 aliphatic heterocycles. The first kappa shape index (κ1) is 18.5. The molecule has 30 heavy (non-hydrogen) atoms. The molecule has 0 radical (unpaired) electrons. The van der Waals surface area contributed by atoms with Crippen molar-refractivity contribution < 1.29 is 19.0 Å². The fourth-order valence-electron chi connectivity index (χ4n) is 3.44. The molecular weight excluding hydrogens is 388 g/mol. The highest BCUT2D eigenvalue weighted by molar-refractivity contribution is 5.84. The van der Waals surface area contributed by atoms with Gasteiger partial charge >= 0.3 is 5.97 Å². The first-order valence-electron chi connectivity index (χ1n) is 9.55. The van der Waals surface area contributed by atoms with Crippen LogP contribution in [-0.4, -0.2) is 44.2 Å². The van der Waals surface area contributed by atoms with Gasteiger partial charge in [-0.1, -0.05) is 0 Å². The fourth-order valence-corrected chi connectivity index (χ4v) is 3.44. The molecule has 1 atom stereocenters. The Balaban J connectivity index is 1.42. The molecule has 1 aromatic heterocycles. The number of hydrogen-bond donors (Lipinski definition) is 3. The molecule has 1 unspecified atom stereocenters. The Hall–Kier alpha value is -3.50. The van der Waals surface area contributed by atoms with E-state index in [1.165, 1.54) is 0 Å². The number of benzene rings is 1. The summed E-state index contributed by atoms with van der Waals surface area (Å²) in [5.74, 6) is 0.957. The van der Waals surface area contributed by atoms with E-state index in [0.717, 1.165) is 34.2 Å². The zero-order chi connectivity index (χ0) is 20.6. The zero-order valence-corrected chi connectivity index (χ0v) is 16.6. The normalized spacial score (nSPS) is 21.1. The molecule has 2 aromatic rings. The molecule has 4 heterocycles. The van der Waals surface area contributed by atoms with Crippen molar-refractivity contribution in [3.8, 4) is 11.6 Å². The summed E-state index contributed by atoms with van der Waals surface area (Å²) in [5.41, 5.74) is 6.49. The van der Waals surface area contributed by atoms with Crippen LogP contribution in [0.5, 0.6) is 11.6 Å². The van der Waals surface area contributed by atoms with Gasteiger partial charge in [-0.2, -0.15) is 0 Å². The van der Waals surface area contributed by atoms with Crippen LogP contribution >= 0.6 is 0 Å². The molecule has 0 spiro atoms. The largest absolute Gasteiger partial charge is 0.475 e. The summed E-state index contributed by atoms with van der Waals surface area (Å²) in [6.45, 7) is 3.37. The average molecular weight is 410 g/mol. The minimum atomic E-state index is -1.19. The molecule has 5 rings (SSSR count). The lowest BCUT2D eigenvalue weighted by molar-refractivity contribution is -0.0214. The maximum absolute atomic E-state index is 5.92. The third-order valence-corrected chi connectivity index (χ3v) is 4.92. The second-order valence-corrected chi connectivity index (χ2v) is 6.93. The molecule has 1 fully saturated rings. The number of anilines is 3. The lowest BCUT2D eigenvalue weighted by Crippen LogP contribution is -2.51. The van der Waals surface area contributed by atoms with E-state index in [0.29, 0.717) is 25.8 Å². The summed E-state index contributed by atoms with van der Waals surface area (Å²) in [6.07, 6.45) is 3.46. The molecule has 3 aliphatic rings. The van der Waals surface area contributed by atoms with Crippen LogP contribution in [0.3, 0.4) is 0 Å². The van der Waals surface area contributed by atoms with Crippen LogP contribution < -0.4 is 30.5 Å². The van der Waals surface area contributed by atoms with Gasteiger partial charge in [0.1, 0.15) is 18.2 Å². The minimum Gasteiger partial charge on any atom is -0.475 e. The van der Waals surface area contributed by atoms with Gasteiger partial charge in [0.15, 0.2) is 6.73 Å². The van der Waals surface area contributed by atoms with E-state index in [4.69, 9.17) is 19.0 Å². The van der Waals surface area contributed by atoms with Crippen molar-refractivity contribution in [1.82, 2.24) is 10.5 Å². The topological polar surface area (TPSA) is 102 Å². The van der Waals surface area contributed by atoms with Gasteiger partial charge in [0.05, 0.1) is 29.9 Å². The monoisotopic (exact) mass is 410 g/mol. The molecule has 10 heteroatoms. The number of hydroxylamine groups is 1. The molecule has 0 amide bonds. The number of nitrogens with zero attached hydrogens (tertiary/aromatic N) is 3. The number of aromatic nitrogens is 1. The molecule has 0 aliphatic carbocycles. The van der Waals surface area contributed by atoms with Crippen molar-refractivity contribution in [2.75, 3.05) is 42.6 Å². The molecule has 156 valence electrons. The Morgan fingerprint density at radius 2 is 2.20 bits per heavy atom. The number of aliphatic imine (C=N–C) groups is 1. The first-order valence-corrected chi connectivity index (χ1v) is 9.55. The summed E-state index contributed by atoms with van der Waals surface area (Å²) < 4.78 is 16.0. The standard InChI is InChI=1S/C20H22N6O4/c1-13-10-23-20(24-14-3-6-18(21-11-14)28-8-7-27-2)26(19(13)25-30-20)15-4-5-17-16(9-15)22-12-29-17/h3-6,9-11,22,24-25H,7-8,12H2,1-2H3. The van der Waals surface area contributed by atoms with Crippen LogP contribution in [0.1, 0.15) is 6.92 Å². The second kappa shape index (κ2) is 7.39. The summed E-state index contributed by atoms with van der Waals surface area (Å²) in [5, 5.41) is 6.54. The van der Waals surface area contributed by atoms with Crippen LogP contribution in [0.4, 0.5) is 17.1 Å². The molecule has 2 bridgehead atoms. The lowest BCUT2D eigenvalue weighted by Gasteiger charge is -2.36. The van der Waals surface area contributed by atoms with Crippen LogP contribution in [0.2, 0.25) is 0 Å². The van der Waals surface area contributed by atoms with E-state index in [2.05, 4.69) is 26.1 Å². The molecule has 1 aromatic carbocycles. The van der Waals surface area contributed by atoms with Crippen LogP contribution in [0.15, 0.2) is 52.9 Å². The predicted octanol–water partition coefficient (Wildman–Crippen LogP) is 2.25. The van der Waals surface area contributed by atoms with Gasteiger partial charge in [-0.3, -0.25) is 4.90 Å². The number of methoxy groups -OCH3 is 1. The summed E-state index contributed by atoms with van der Waals surface area (Å²) >= 11 is 0. The third-order valence-electron chi connectivity index (χ3n) is 4.92. The summed E-state index contributed by atoms with van der Waals surface area (Å²) in [7, 11) is 1.63. The van der Waals surface area contributed by atoms with Crippen LogP contribution in [-0.2, 0) is 9.57 Å². The van der Waals surface area contributed by atoms with Crippen molar-refractivity contribution in [2.24, 2.45) is 4.99 Å². The average Bonchev–Trinajstić information content (AvgIpc) is 3.34. The number of rotatable bonds is 7. The van der Waals surface area contributed by atoms with Crippen molar-refractivity contribution in [1.29, 1.82) is 0 Å². The van der Waals surface area contributed by atoms with Gasteiger partial charge in [0, 0.05) is 25.0 Å². The maximum atomic E-state index is 5.92. The third kappa shape index (κ3) is 3.15. The SMILES string of the molecule is COCCOc1ccc(NC23N=CC(C)=C(NO2)N3c2ccc3c(c2)NCO3)cn1. The Morgan fingerprint density at radius 3 is 3.03 bits per heavy atom. The van der Waals surface area contributed by atoms with Crippen molar-refractivity contribution in [3.05, 3.63) is 47.9 Å². The Morgan fingerprint density at radius 1 is 1.27 bits per heavy atom. The Labute approximate surface area is 173 Å². The number of ether oxygens (including phenoxy) is 3. The highest BCUT2D eigenvalue weighted by Crippen LogP contribution is 2.41. The van der Waals surface area contributed by atoms with E-state index in [1.807, 2.05) is 36.1 Å². The van der Waals surface area contributed by atoms with Gasteiger partial charge < -0.3 is 24.8 Å². The quantitative estimate of drug-likeness (QED) is 0.593. The maximum Gasteiger partial charge on any atom is 0.351 e. The number of hydrogen-bond acceptors (Lipinski definition) is 10. The molecule has 1 saturated heterocycles. The van der Waals surface area contributed by atoms with E-state index in [-0.39, 0.29) is 0 Å². The van der Waals surface area contributed by atoms with Crippen molar-refractivity contribution in [3.63, 3.8) is 0 Å². The fraction of sp³-hybridized carbons (Fsp3) is 0.300. The minimum absolute atomic E-state index is 0.439. The molecule has 3 N–H and O–H groups in total. The second-order valence-electron chi connectivity index (χ2n) is 6.93. The Bertz CT molecular complexity index is 1010. The number of allylic oxidation sites excluding steroid dienone is 1. The van der Waals surface area contributed by atoms with E-state index in [9.17, 15) is 0 Å². The van der Waals surface area contributed by atoms with Crippen molar-refractivity contribution >= 4 is 23.3 Å². The van der Waals surface area contributed by atoms with E-state index < -0.39 is 5.97 Å². The number of nitrogens with one attached hydrogen (secondary N) is 3. The van der Waals surface area contributed by atoms with Gasteiger partial charge in [0.2, 0.25) is 5.88 Å². The number of pyridine rings is 1. The predicted molar refractivity (Wildman–Crippen MR) is 111 cm³/mol. The summed E-state index contributed by atoms with van der Waals surface area (Å²) in [4.78, 5) is 16.9. The van der Waals surface area contributed by atoms with Gasteiger partial charge in [-0.25, -0.2) is 20.3 Å². The summed E-state index contributed by atoms with van der Waals surface area (Å²) in [6, 6.07) is 9.56. The van der Waals surface area contributed by atoms with E-state index >= 15 is 0 Å². The van der Waals surface area contributed by atoms with Crippen LogP contribution in [0.25, 0.3) is 0 Å². The molecular formula is C20H22N6O4. The van der Waals surface area contributed by atoms with E-state index in [1.54, 1.807) is 25.6 Å². The molecule has 10 nitrogen and oxygen atoms in total. The van der Waals surface area contributed by atoms with Crippen molar-refractivity contribution in [2.45, 2.75) is 12.9 Å². The molecule has 0 saturated carbocycles. The smallest absolute Gasteiger partial charge is 0.351 e. The highest BCUT2D eigenvalue weighted by Gasteiger charge is 2.49. The highest BCUT2D eigenvalue weighted by atomic mass is 16.7. The Kier molecular flexibility index (Phi) is 4.57. The number of fused-ring (bicyclic) bond motifs is 3.